The van der Waals surface area contributed by atoms with Gasteiger partial charge in [-0.05, 0) is 36.2 Å². The number of esters is 1. The number of benzene rings is 1. The molecular formula is C20H23FN4O2. The number of nitrogens with zero attached hydrogens (tertiary/aromatic N) is 2. The Balaban J connectivity index is 1.46. The molecule has 3 heterocycles. The van der Waals surface area contributed by atoms with Gasteiger partial charge in [-0.2, -0.15) is 0 Å². The van der Waals surface area contributed by atoms with Crippen molar-refractivity contribution in [1.29, 1.82) is 0 Å². The first-order valence-electron chi connectivity index (χ1n) is 9.17. The molecule has 3 atom stereocenters. The summed E-state index contributed by atoms with van der Waals surface area (Å²) in [5.41, 5.74) is 9.04. The van der Waals surface area contributed by atoms with Crippen molar-refractivity contribution in [3.8, 4) is 0 Å². The van der Waals surface area contributed by atoms with E-state index >= 15 is 0 Å². The molecule has 1 aromatic heterocycles. The summed E-state index contributed by atoms with van der Waals surface area (Å²) in [6, 6.07) is 12.7. The predicted molar refractivity (Wildman–Crippen MR) is 98.2 cm³/mol. The predicted octanol–water partition coefficient (Wildman–Crippen LogP) is 2.05. The first-order valence-corrected chi connectivity index (χ1v) is 9.17. The van der Waals surface area contributed by atoms with Crippen LogP contribution in [0.1, 0.15) is 34.2 Å². The van der Waals surface area contributed by atoms with Gasteiger partial charge in [0.15, 0.2) is 0 Å². The molecule has 1 aromatic carbocycles. The summed E-state index contributed by atoms with van der Waals surface area (Å²) in [5.74, 6) is -0.257. The van der Waals surface area contributed by atoms with Crippen molar-refractivity contribution in [2.45, 2.75) is 25.0 Å². The van der Waals surface area contributed by atoms with Gasteiger partial charge in [0, 0.05) is 31.6 Å². The zero-order valence-corrected chi connectivity index (χ0v) is 15.2. The molecule has 2 fully saturated rings. The van der Waals surface area contributed by atoms with Crippen LogP contribution in [0.15, 0.2) is 42.5 Å². The fraction of sp³-hybridized carbons (Fsp3) is 0.400. The minimum atomic E-state index is -0.420. The second kappa shape index (κ2) is 7.72. The Morgan fingerprint density at radius 2 is 2.07 bits per heavy atom. The van der Waals surface area contributed by atoms with Crippen LogP contribution in [0.25, 0.3) is 0 Å². The quantitative estimate of drug-likeness (QED) is 0.803. The first-order chi connectivity index (χ1) is 13.1. The van der Waals surface area contributed by atoms with Crippen molar-refractivity contribution in [3.05, 3.63) is 65.2 Å². The lowest BCUT2D eigenvalue weighted by molar-refractivity contribution is 0.0593. The van der Waals surface area contributed by atoms with E-state index in [1.54, 1.807) is 6.07 Å². The highest BCUT2D eigenvalue weighted by Gasteiger charge is 2.40. The topological polar surface area (TPSA) is 66.5 Å². The number of nitrogens with one attached hydrogen (secondary N) is 2. The Morgan fingerprint density at radius 3 is 2.85 bits per heavy atom. The molecule has 0 amide bonds. The second-order valence-corrected chi connectivity index (χ2v) is 7.12. The highest BCUT2D eigenvalue weighted by atomic mass is 19.1. The molecule has 0 radical (unpaired) electrons. The lowest BCUT2D eigenvalue weighted by Crippen LogP contribution is -2.45. The Morgan fingerprint density at radius 1 is 1.26 bits per heavy atom. The van der Waals surface area contributed by atoms with E-state index in [1.165, 1.54) is 19.2 Å². The van der Waals surface area contributed by atoms with Crippen LogP contribution in [0.4, 0.5) is 4.39 Å². The number of methoxy groups -OCH3 is 1. The molecule has 2 aliphatic rings. The molecule has 0 saturated carbocycles. The second-order valence-electron chi connectivity index (χ2n) is 7.12. The molecule has 27 heavy (non-hydrogen) atoms. The van der Waals surface area contributed by atoms with E-state index in [-0.39, 0.29) is 11.9 Å². The van der Waals surface area contributed by atoms with Crippen LogP contribution in [0.3, 0.4) is 0 Å². The number of rotatable bonds is 4. The van der Waals surface area contributed by atoms with Gasteiger partial charge in [-0.3, -0.25) is 10.3 Å². The lowest BCUT2D eigenvalue weighted by atomic mass is 9.85. The van der Waals surface area contributed by atoms with E-state index in [9.17, 15) is 9.18 Å². The molecule has 4 rings (SSSR count). The average Bonchev–Trinajstić information content (AvgIpc) is 3.11. The molecule has 7 heteroatoms. The number of hydrazine groups is 1. The first kappa shape index (κ1) is 18.0. The fourth-order valence-electron chi connectivity index (χ4n) is 4.03. The number of hydrogen-bond donors (Lipinski definition) is 2. The zero-order valence-electron chi connectivity index (χ0n) is 15.2. The molecule has 2 aliphatic heterocycles. The lowest BCUT2D eigenvalue weighted by Gasteiger charge is -2.36. The molecule has 142 valence electrons. The number of carbonyl (C=O) groups is 1. The Hall–Kier alpha value is -2.35. The van der Waals surface area contributed by atoms with E-state index in [0.717, 1.165) is 30.8 Å². The van der Waals surface area contributed by atoms with Crippen molar-refractivity contribution in [3.63, 3.8) is 0 Å². The summed E-state index contributed by atoms with van der Waals surface area (Å²) in [6.07, 6.45) is 1.02. The molecule has 0 bridgehead atoms. The van der Waals surface area contributed by atoms with Gasteiger partial charge >= 0.3 is 5.97 Å². The number of carbonyl (C=O) groups excluding carboxylic acids is 1. The molecular weight excluding hydrogens is 347 g/mol. The summed E-state index contributed by atoms with van der Waals surface area (Å²) in [6.45, 7) is 2.54. The Bertz CT molecular complexity index is 814. The van der Waals surface area contributed by atoms with Crippen molar-refractivity contribution >= 4 is 5.97 Å². The number of likely N-dealkylation sites (tertiary alicyclic amines) is 1. The largest absolute Gasteiger partial charge is 0.464 e. The summed E-state index contributed by atoms with van der Waals surface area (Å²) in [7, 11) is 1.36. The average molecular weight is 370 g/mol. The number of halogens is 1. The number of pyridine rings is 1. The van der Waals surface area contributed by atoms with E-state index in [1.807, 2.05) is 24.3 Å². The van der Waals surface area contributed by atoms with Crippen LogP contribution in [-0.4, -0.2) is 42.1 Å². The minimum Gasteiger partial charge on any atom is -0.464 e. The SMILES string of the molecule is COC(=O)c1cccc(CN2CCC3NNC(c4ccc(F)cc4)C3C2)n1. The molecule has 6 nitrogen and oxygen atoms in total. The van der Waals surface area contributed by atoms with E-state index in [4.69, 9.17) is 4.74 Å². The maximum absolute atomic E-state index is 13.2. The van der Waals surface area contributed by atoms with Crippen LogP contribution < -0.4 is 10.9 Å². The van der Waals surface area contributed by atoms with Crippen LogP contribution in [0.2, 0.25) is 0 Å². The molecule has 0 spiro atoms. The summed E-state index contributed by atoms with van der Waals surface area (Å²) in [4.78, 5) is 18.5. The number of hydrogen-bond acceptors (Lipinski definition) is 6. The number of piperidine rings is 1. The van der Waals surface area contributed by atoms with Gasteiger partial charge in [-0.25, -0.2) is 19.6 Å². The highest BCUT2D eigenvalue weighted by Crippen LogP contribution is 2.34. The standard InChI is InChI=1S/C20H23FN4O2/c1-27-20(26)18-4-2-3-15(22-18)11-25-10-9-17-16(12-25)19(24-23-17)13-5-7-14(21)8-6-13/h2-8,16-17,19,23-24H,9-12H2,1H3. The normalized spacial score (nSPS) is 25.2. The van der Waals surface area contributed by atoms with E-state index < -0.39 is 5.97 Å². The third kappa shape index (κ3) is 3.85. The van der Waals surface area contributed by atoms with E-state index in [2.05, 4.69) is 20.7 Å². The third-order valence-corrected chi connectivity index (χ3v) is 5.41. The van der Waals surface area contributed by atoms with Crippen LogP contribution in [0, 0.1) is 11.7 Å². The molecule has 0 aliphatic carbocycles. The van der Waals surface area contributed by atoms with Gasteiger partial charge < -0.3 is 4.74 Å². The number of fused-ring (bicyclic) bond motifs is 1. The third-order valence-electron chi connectivity index (χ3n) is 5.41. The molecule has 2 N–H and O–H groups in total. The van der Waals surface area contributed by atoms with Gasteiger partial charge in [0.1, 0.15) is 11.5 Å². The Kier molecular flexibility index (Phi) is 5.15. The Labute approximate surface area is 157 Å². The maximum Gasteiger partial charge on any atom is 0.356 e. The number of ether oxygens (including phenoxy) is 1. The smallest absolute Gasteiger partial charge is 0.356 e. The van der Waals surface area contributed by atoms with E-state index in [0.29, 0.717) is 24.2 Å². The van der Waals surface area contributed by atoms with Crippen LogP contribution in [-0.2, 0) is 11.3 Å². The molecule has 2 saturated heterocycles. The summed E-state index contributed by atoms with van der Waals surface area (Å²) < 4.78 is 18.0. The van der Waals surface area contributed by atoms with Crippen molar-refractivity contribution in [1.82, 2.24) is 20.7 Å². The van der Waals surface area contributed by atoms with Crippen molar-refractivity contribution in [2.75, 3.05) is 20.2 Å². The van der Waals surface area contributed by atoms with Crippen molar-refractivity contribution in [2.24, 2.45) is 5.92 Å². The summed E-state index contributed by atoms with van der Waals surface area (Å²) in [5, 5.41) is 0. The minimum absolute atomic E-state index is 0.146. The summed E-state index contributed by atoms with van der Waals surface area (Å²) >= 11 is 0. The highest BCUT2D eigenvalue weighted by molar-refractivity contribution is 5.87. The van der Waals surface area contributed by atoms with Gasteiger partial charge in [0.2, 0.25) is 0 Å². The molecule has 3 unspecified atom stereocenters. The van der Waals surface area contributed by atoms with Crippen molar-refractivity contribution < 1.29 is 13.9 Å². The van der Waals surface area contributed by atoms with Gasteiger partial charge in [0.05, 0.1) is 18.8 Å². The maximum atomic E-state index is 13.2. The number of aromatic nitrogens is 1. The van der Waals surface area contributed by atoms with Gasteiger partial charge in [-0.1, -0.05) is 18.2 Å². The van der Waals surface area contributed by atoms with Crippen LogP contribution >= 0.6 is 0 Å². The molecule has 2 aromatic rings. The fourth-order valence-corrected chi connectivity index (χ4v) is 4.03. The van der Waals surface area contributed by atoms with Gasteiger partial charge in [0.25, 0.3) is 0 Å². The monoisotopic (exact) mass is 370 g/mol. The van der Waals surface area contributed by atoms with Crippen LogP contribution in [0.5, 0.6) is 0 Å². The van der Waals surface area contributed by atoms with Gasteiger partial charge in [-0.15, -0.1) is 0 Å². The zero-order chi connectivity index (χ0) is 18.8.